The Kier molecular flexibility index (Phi) is 35.0. The highest BCUT2D eigenvalue weighted by atomic mass is 16.7. The number of ether oxygens (including phenoxy) is 2. The first kappa shape index (κ1) is 52.6. The molecule has 0 radical (unpaired) electrons. The van der Waals surface area contributed by atoms with Crippen LogP contribution in [0.15, 0.2) is 72.9 Å². The zero-order valence-corrected chi connectivity index (χ0v) is 35.8. The van der Waals surface area contributed by atoms with Gasteiger partial charge in [-0.05, 0) is 64.2 Å². The van der Waals surface area contributed by atoms with Gasteiger partial charge in [0.2, 0.25) is 5.91 Å². The van der Waals surface area contributed by atoms with Crippen LogP contribution in [-0.2, 0) is 14.3 Å². The van der Waals surface area contributed by atoms with E-state index in [0.717, 1.165) is 77.0 Å². The van der Waals surface area contributed by atoms with E-state index in [1.165, 1.54) is 70.6 Å². The van der Waals surface area contributed by atoms with Crippen LogP contribution in [0.4, 0.5) is 0 Å². The van der Waals surface area contributed by atoms with Crippen LogP contribution in [0.3, 0.4) is 0 Å². The number of carbonyl (C=O) groups is 1. The largest absolute Gasteiger partial charge is 0.394 e. The summed E-state index contributed by atoms with van der Waals surface area (Å²) in [5, 5.41) is 53.7. The number of unbranched alkanes of at least 4 members (excludes halogenated alkanes) is 16. The average Bonchev–Trinajstić information content (AvgIpc) is 3.21. The van der Waals surface area contributed by atoms with Gasteiger partial charge in [-0.25, -0.2) is 0 Å². The Balaban J connectivity index is 2.11. The minimum atomic E-state index is -1.57. The van der Waals surface area contributed by atoms with Crippen LogP contribution in [0.25, 0.3) is 0 Å². The highest BCUT2D eigenvalue weighted by Gasteiger charge is 2.44. The number of rotatable bonds is 36. The van der Waals surface area contributed by atoms with Gasteiger partial charge in [-0.1, -0.05) is 170 Å². The van der Waals surface area contributed by atoms with Gasteiger partial charge in [0.25, 0.3) is 0 Å². The van der Waals surface area contributed by atoms with E-state index < -0.39 is 49.5 Å². The predicted octanol–water partition coefficient (Wildman–Crippen LogP) is 9.39. The number of amides is 1. The quantitative estimate of drug-likeness (QED) is 0.0271. The Morgan fingerprint density at radius 1 is 0.614 bits per heavy atom. The van der Waals surface area contributed by atoms with E-state index in [0.29, 0.717) is 6.42 Å². The molecule has 1 fully saturated rings. The molecule has 0 bridgehead atoms. The van der Waals surface area contributed by atoms with Gasteiger partial charge in [-0.15, -0.1) is 0 Å². The van der Waals surface area contributed by atoms with Crippen LogP contribution < -0.4 is 5.32 Å². The molecule has 6 N–H and O–H groups in total. The fourth-order valence-electron chi connectivity index (χ4n) is 6.65. The molecule has 0 spiro atoms. The Bertz CT molecular complexity index is 1120. The molecule has 1 aliphatic heterocycles. The lowest BCUT2D eigenvalue weighted by molar-refractivity contribution is -0.302. The van der Waals surface area contributed by atoms with E-state index in [9.17, 15) is 30.3 Å². The monoisotopic (exact) mass is 802 g/mol. The van der Waals surface area contributed by atoms with Crippen molar-refractivity contribution in [2.75, 3.05) is 13.2 Å². The number of hydrogen-bond donors (Lipinski definition) is 6. The molecule has 0 aromatic heterocycles. The van der Waals surface area contributed by atoms with Crippen molar-refractivity contribution in [3.05, 3.63) is 72.9 Å². The number of hydrogen-bond acceptors (Lipinski definition) is 8. The summed E-state index contributed by atoms with van der Waals surface area (Å²) in [5.74, 6) is -0.190. The summed E-state index contributed by atoms with van der Waals surface area (Å²) in [6.45, 7) is 3.52. The zero-order valence-electron chi connectivity index (χ0n) is 35.8. The van der Waals surface area contributed by atoms with E-state index in [1.54, 1.807) is 6.08 Å². The number of aliphatic hydroxyl groups is 5. The SMILES string of the molecule is CC/C=C\C/C=C\C/C=C\C/C=C\C/C=C\CCCCCCCCCCCCCCCC(=O)NC(COC1OC(CO)C(O)C(O)C1O)C(O)/C=C/CCCCC. The Morgan fingerprint density at radius 3 is 1.61 bits per heavy atom. The summed E-state index contributed by atoms with van der Waals surface area (Å²) in [6, 6.07) is -0.804. The summed E-state index contributed by atoms with van der Waals surface area (Å²) in [5.41, 5.74) is 0. The van der Waals surface area contributed by atoms with Gasteiger partial charge in [0.1, 0.15) is 24.4 Å². The average molecular weight is 802 g/mol. The molecule has 1 rings (SSSR count). The molecule has 1 heterocycles. The number of nitrogens with one attached hydrogen (secondary N) is 1. The topological polar surface area (TPSA) is 149 Å². The zero-order chi connectivity index (χ0) is 41.6. The van der Waals surface area contributed by atoms with E-state index in [4.69, 9.17) is 9.47 Å². The molecule has 0 aliphatic carbocycles. The van der Waals surface area contributed by atoms with Crippen molar-refractivity contribution >= 4 is 5.91 Å². The normalized spacial score (nSPS) is 21.7. The molecule has 1 saturated heterocycles. The second-order valence-electron chi connectivity index (χ2n) is 15.5. The number of aliphatic hydroxyl groups excluding tert-OH is 5. The van der Waals surface area contributed by atoms with Crippen molar-refractivity contribution in [2.45, 2.75) is 211 Å². The molecule has 9 nitrogen and oxygen atoms in total. The maximum Gasteiger partial charge on any atom is 0.220 e. The summed E-state index contributed by atoms with van der Waals surface area (Å²) < 4.78 is 11.1. The van der Waals surface area contributed by atoms with Gasteiger partial charge >= 0.3 is 0 Å². The van der Waals surface area contributed by atoms with Crippen LogP contribution in [0.2, 0.25) is 0 Å². The van der Waals surface area contributed by atoms with Crippen LogP contribution >= 0.6 is 0 Å². The molecule has 0 saturated carbocycles. The third kappa shape index (κ3) is 28.7. The van der Waals surface area contributed by atoms with Gasteiger partial charge in [0.05, 0.1) is 25.4 Å². The molecule has 0 aromatic rings. The molecular weight excluding hydrogens is 719 g/mol. The maximum absolute atomic E-state index is 12.8. The van der Waals surface area contributed by atoms with Gasteiger partial charge in [0, 0.05) is 6.42 Å². The van der Waals surface area contributed by atoms with E-state index >= 15 is 0 Å². The van der Waals surface area contributed by atoms with Crippen LogP contribution in [-0.4, -0.2) is 87.5 Å². The van der Waals surface area contributed by atoms with Crippen molar-refractivity contribution in [1.82, 2.24) is 5.32 Å². The second kappa shape index (κ2) is 37.9. The molecule has 7 atom stereocenters. The van der Waals surface area contributed by atoms with Crippen LogP contribution in [0, 0.1) is 0 Å². The molecule has 0 aromatic carbocycles. The molecule has 57 heavy (non-hydrogen) atoms. The molecule has 7 unspecified atom stereocenters. The molecule has 328 valence electrons. The minimum absolute atomic E-state index is 0.190. The predicted molar refractivity (Wildman–Crippen MR) is 235 cm³/mol. The highest BCUT2D eigenvalue weighted by Crippen LogP contribution is 2.22. The lowest BCUT2D eigenvalue weighted by Crippen LogP contribution is -2.60. The second-order valence-corrected chi connectivity index (χ2v) is 15.5. The van der Waals surface area contributed by atoms with Crippen LogP contribution in [0.5, 0.6) is 0 Å². The smallest absolute Gasteiger partial charge is 0.220 e. The molecular formula is C48H83NO8. The summed E-state index contributed by atoms with van der Waals surface area (Å²) in [7, 11) is 0. The van der Waals surface area contributed by atoms with Crippen molar-refractivity contribution in [1.29, 1.82) is 0 Å². The molecule has 1 amide bonds. The van der Waals surface area contributed by atoms with Gasteiger partial charge < -0.3 is 40.3 Å². The number of carbonyl (C=O) groups excluding carboxylic acids is 1. The molecule has 9 heteroatoms. The van der Waals surface area contributed by atoms with E-state index in [-0.39, 0.29) is 12.5 Å². The lowest BCUT2D eigenvalue weighted by Gasteiger charge is -2.40. The first-order valence-electron chi connectivity index (χ1n) is 22.7. The first-order chi connectivity index (χ1) is 27.8. The summed E-state index contributed by atoms with van der Waals surface area (Å²) in [6.07, 6.45) is 44.4. The van der Waals surface area contributed by atoms with Crippen LogP contribution in [0.1, 0.15) is 168 Å². The Labute approximate surface area is 347 Å². The van der Waals surface area contributed by atoms with Crippen molar-refractivity contribution in [3.63, 3.8) is 0 Å². The van der Waals surface area contributed by atoms with Gasteiger partial charge in [0.15, 0.2) is 6.29 Å². The minimum Gasteiger partial charge on any atom is -0.394 e. The van der Waals surface area contributed by atoms with E-state index in [1.807, 2.05) is 6.08 Å². The lowest BCUT2D eigenvalue weighted by atomic mass is 9.99. The fraction of sp³-hybridized carbons (Fsp3) is 0.729. The van der Waals surface area contributed by atoms with Crippen molar-refractivity contribution in [3.8, 4) is 0 Å². The third-order valence-corrected chi connectivity index (χ3v) is 10.3. The Hall–Kier alpha value is -2.37. The first-order valence-corrected chi connectivity index (χ1v) is 22.7. The van der Waals surface area contributed by atoms with E-state index in [2.05, 4.69) is 79.9 Å². The van der Waals surface area contributed by atoms with Gasteiger partial charge in [-0.3, -0.25) is 4.79 Å². The maximum atomic E-state index is 12.8. The highest BCUT2D eigenvalue weighted by molar-refractivity contribution is 5.76. The summed E-state index contributed by atoms with van der Waals surface area (Å²) >= 11 is 0. The fourth-order valence-corrected chi connectivity index (χ4v) is 6.65. The summed E-state index contributed by atoms with van der Waals surface area (Å²) in [4.78, 5) is 12.8. The van der Waals surface area contributed by atoms with Crippen molar-refractivity contribution < 1.29 is 39.8 Å². The standard InChI is InChI=1S/C48H83NO8/c1-3-5-7-9-10-11-12-13-14-15-16-17-18-19-20-21-22-23-24-25-26-27-28-29-30-31-32-34-36-38-44(52)49-41(42(51)37-35-33-8-6-4-2)40-56-48-47(55)46(54)45(53)43(39-50)57-48/h5,7,10-11,13-14,16-17,19-20,35,37,41-43,45-48,50-51,53-55H,3-4,6,8-9,12,15,18,21-34,36,38-40H2,1-2H3,(H,49,52)/b7-5-,11-10-,14-13-,17-16-,20-19-,37-35+. The van der Waals surface area contributed by atoms with Gasteiger partial charge in [-0.2, -0.15) is 0 Å². The number of allylic oxidation sites excluding steroid dienone is 11. The van der Waals surface area contributed by atoms with Crippen molar-refractivity contribution in [2.24, 2.45) is 0 Å². The Morgan fingerprint density at radius 2 is 1.09 bits per heavy atom. The third-order valence-electron chi connectivity index (χ3n) is 10.3. The molecule has 1 aliphatic rings.